The molecule has 2 amide bonds. The SMILES string of the molecule is CC1=C(C(=O)OC(C)(C)C)[C@@H](c2ccc(O)cc2)NC(=O)N1. The lowest BCUT2D eigenvalue weighted by Gasteiger charge is -2.30. The lowest BCUT2D eigenvalue weighted by molar-refractivity contribution is -0.150. The smallest absolute Gasteiger partial charge is 0.338 e. The number of amides is 2. The summed E-state index contributed by atoms with van der Waals surface area (Å²) < 4.78 is 5.42. The van der Waals surface area contributed by atoms with Crippen LogP contribution in [0.15, 0.2) is 35.5 Å². The average molecular weight is 304 g/mol. The molecule has 1 atom stereocenters. The minimum absolute atomic E-state index is 0.114. The number of carbonyl (C=O) groups excluding carboxylic acids is 2. The predicted molar refractivity (Wildman–Crippen MR) is 81.1 cm³/mol. The van der Waals surface area contributed by atoms with Crippen LogP contribution in [0.3, 0.4) is 0 Å². The Kier molecular flexibility index (Phi) is 4.12. The van der Waals surface area contributed by atoms with Gasteiger partial charge in [0.15, 0.2) is 0 Å². The van der Waals surface area contributed by atoms with E-state index in [1.807, 2.05) is 0 Å². The van der Waals surface area contributed by atoms with Crippen LogP contribution in [0.4, 0.5) is 4.79 Å². The van der Waals surface area contributed by atoms with Gasteiger partial charge in [-0.2, -0.15) is 0 Å². The Balaban J connectivity index is 2.41. The topological polar surface area (TPSA) is 87.7 Å². The number of hydrogen-bond acceptors (Lipinski definition) is 4. The highest BCUT2D eigenvalue weighted by Crippen LogP contribution is 2.29. The van der Waals surface area contributed by atoms with Gasteiger partial charge in [-0.25, -0.2) is 9.59 Å². The van der Waals surface area contributed by atoms with Crippen molar-refractivity contribution in [1.29, 1.82) is 0 Å². The van der Waals surface area contributed by atoms with E-state index in [9.17, 15) is 14.7 Å². The highest BCUT2D eigenvalue weighted by molar-refractivity contribution is 5.95. The highest BCUT2D eigenvalue weighted by Gasteiger charge is 2.33. The van der Waals surface area contributed by atoms with Gasteiger partial charge in [-0.15, -0.1) is 0 Å². The number of ether oxygens (including phenoxy) is 1. The third-order valence-electron chi connectivity index (χ3n) is 3.11. The van der Waals surface area contributed by atoms with Crippen LogP contribution >= 0.6 is 0 Å². The largest absolute Gasteiger partial charge is 0.508 e. The summed E-state index contributed by atoms with van der Waals surface area (Å²) in [6, 6.07) is 5.32. The molecule has 0 unspecified atom stereocenters. The first-order valence-corrected chi connectivity index (χ1v) is 6.98. The van der Waals surface area contributed by atoms with Crippen LogP contribution in [-0.2, 0) is 9.53 Å². The van der Waals surface area contributed by atoms with Crippen LogP contribution in [0.2, 0.25) is 0 Å². The van der Waals surface area contributed by atoms with Crippen molar-refractivity contribution < 1.29 is 19.4 Å². The minimum atomic E-state index is -0.634. The molecule has 1 aliphatic rings. The van der Waals surface area contributed by atoms with Crippen LogP contribution in [-0.4, -0.2) is 22.7 Å². The number of hydrogen-bond donors (Lipinski definition) is 3. The van der Waals surface area contributed by atoms with Crippen molar-refractivity contribution in [2.45, 2.75) is 39.3 Å². The summed E-state index contributed by atoms with van der Waals surface area (Å²) in [5, 5.41) is 14.7. The second-order valence-electron chi connectivity index (χ2n) is 6.16. The Morgan fingerprint density at radius 2 is 1.82 bits per heavy atom. The maximum Gasteiger partial charge on any atom is 0.338 e. The number of allylic oxidation sites excluding steroid dienone is 1. The third kappa shape index (κ3) is 3.58. The molecular formula is C16H20N2O4. The molecule has 1 heterocycles. The van der Waals surface area contributed by atoms with E-state index in [0.717, 1.165) is 0 Å². The first-order chi connectivity index (χ1) is 10.2. The summed E-state index contributed by atoms with van der Waals surface area (Å²) in [5.74, 6) is -0.376. The number of phenolic OH excluding ortho intramolecular Hbond substituents is 1. The van der Waals surface area contributed by atoms with Gasteiger partial charge < -0.3 is 20.5 Å². The lowest BCUT2D eigenvalue weighted by Crippen LogP contribution is -2.46. The summed E-state index contributed by atoms with van der Waals surface area (Å²) in [6.07, 6.45) is 0. The molecule has 1 aliphatic heterocycles. The summed E-state index contributed by atoms with van der Waals surface area (Å²) in [5.41, 5.74) is 0.856. The molecule has 1 aromatic rings. The molecule has 0 saturated carbocycles. The first-order valence-electron chi connectivity index (χ1n) is 6.98. The van der Waals surface area contributed by atoms with E-state index < -0.39 is 17.6 Å². The predicted octanol–water partition coefficient (Wildman–Crippen LogP) is 2.36. The van der Waals surface area contributed by atoms with Crippen molar-refractivity contribution in [3.63, 3.8) is 0 Å². The van der Waals surface area contributed by atoms with Crippen LogP contribution in [0.1, 0.15) is 39.3 Å². The van der Waals surface area contributed by atoms with Gasteiger partial charge >= 0.3 is 12.0 Å². The van der Waals surface area contributed by atoms with Gasteiger partial charge in [0.05, 0.1) is 11.6 Å². The minimum Gasteiger partial charge on any atom is -0.508 e. The molecular weight excluding hydrogens is 284 g/mol. The van der Waals surface area contributed by atoms with Crippen LogP contribution in [0.5, 0.6) is 5.75 Å². The average Bonchev–Trinajstić information content (AvgIpc) is 2.36. The Morgan fingerprint density at radius 1 is 1.23 bits per heavy atom. The molecule has 0 aromatic heterocycles. The van der Waals surface area contributed by atoms with E-state index >= 15 is 0 Å². The van der Waals surface area contributed by atoms with Crippen LogP contribution in [0.25, 0.3) is 0 Å². The van der Waals surface area contributed by atoms with Crippen molar-refractivity contribution in [2.24, 2.45) is 0 Å². The molecule has 118 valence electrons. The fourth-order valence-corrected chi connectivity index (χ4v) is 2.21. The van der Waals surface area contributed by atoms with Crippen molar-refractivity contribution in [3.8, 4) is 5.75 Å². The zero-order valence-electron chi connectivity index (χ0n) is 13.1. The number of rotatable bonds is 2. The molecule has 0 bridgehead atoms. The number of urea groups is 1. The number of phenols is 1. The van der Waals surface area contributed by atoms with Crippen LogP contribution < -0.4 is 10.6 Å². The zero-order valence-corrected chi connectivity index (χ0v) is 13.1. The highest BCUT2D eigenvalue weighted by atomic mass is 16.6. The van der Waals surface area contributed by atoms with Gasteiger partial charge in [-0.05, 0) is 45.4 Å². The number of benzene rings is 1. The molecule has 1 aromatic carbocycles. The van der Waals surface area contributed by atoms with Gasteiger partial charge in [0.2, 0.25) is 0 Å². The molecule has 0 aliphatic carbocycles. The molecule has 6 nitrogen and oxygen atoms in total. The van der Waals surface area contributed by atoms with Crippen molar-refractivity contribution in [1.82, 2.24) is 10.6 Å². The monoisotopic (exact) mass is 304 g/mol. The number of carbonyl (C=O) groups is 2. The van der Waals surface area contributed by atoms with E-state index in [4.69, 9.17) is 4.74 Å². The molecule has 3 N–H and O–H groups in total. The van der Waals surface area contributed by atoms with Crippen molar-refractivity contribution in [2.75, 3.05) is 0 Å². The second kappa shape index (κ2) is 5.71. The number of nitrogens with one attached hydrogen (secondary N) is 2. The quantitative estimate of drug-likeness (QED) is 0.732. The summed E-state index contributed by atoms with van der Waals surface area (Å²) in [7, 11) is 0. The second-order valence-corrected chi connectivity index (χ2v) is 6.16. The molecule has 0 saturated heterocycles. The van der Waals surface area contributed by atoms with Gasteiger partial charge in [-0.1, -0.05) is 12.1 Å². The Labute approximate surface area is 129 Å². The van der Waals surface area contributed by atoms with E-state index in [2.05, 4.69) is 10.6 Å². The maximum absolute atomic E-state index is 12.5. The summed E-state index contributed by atoms with van der Waals surface area (Å²) in [4.78, 5) is 24.2. The standard InChI is InChI=1S/C16H20N2O4/c1-9-12(14(20)22-16(2,3)4)13(18-15(21)17-9)10-5-7-11(19)8-6-10/h5-8,13,19H,1-4H3,(H2,17,18,21)/t13-/m1/s1. The summed E-state index contributed by atoms with van der Waals surface area (Å²) in [6.45, 7) is 7.01. The fraction of sp³-hybridized carbons (Fsp3) is 0.375. The number of aromatic hydroxyl groups is 1. The molecule has 0 fully saturated rings. The van der Waals surface area contributed by atoms with Gasteiger partial charge in [0.25, 0.3) is 0 Å². The molecule has 22 heavy (non-hydrogen) atoms. The lowest BCUT2D eigenvalue weighted by atomic mass is 9.95. The van der Waals surface area contributed by atoms with E-state index in [1.54, 1.807) is 39.8 Å². The Hall–Kier alpha value is -2.50. The molecule has 0 spiro atoms. The Bertz CT molecular complexity index is 627. The van der Waals surface area contributed by atoms with E-state index in [-0.39, 0.29) is 11.8 Å². The van der Waals surface area contributed by atoms with Crippen molar-refractivity contribution >= 4 is 12.0 Å². The van der Waals surface area contributed by atoms with Crippen LogP contribution in [0, 0.1) is 0 Å². The van der Waals surface area contributed by atoms with Gasteiger partial charge in [0.1, 0.15) is 11.4 Å². The molecule has 2 rings (SSSR count). The van der Waals surface area contributed by atoms with E-state index in [0.29, 0.717) is 16.8 Å². The normalized spacial score (nSPS) is 18.5. The zero-order chi connectivity index (χ0) is 16.5. The van der Waals surface area contributed by atoms with E-state index in [1.165, 1.54) is 12.1 Å². The fourth-order valence-electron chi connectivity index (χ4n) is 2.21. The maximum atomic E-state index is 12.5. The number of esters is 1. The summed E-state index contributed by atoms with van der Waals surface area (Å²) >= 11 is 0. The van der Waals surface area contributed by atoms with Gasteiger partial charge in [-0.3, -0.25) is 0 Å². The molecule has 0 radical (unpaired) electrons. The molecule has 6 heteroatoms. The first kappa shape index (κ1) is 15.9. The Morgan fingerprint density at radius 3 is 2.36 bits per heavy atom. The van der Waals surface area contributed by atoms with Gasteiger partial charge in [0, 0.05) is 5.70 Å². The third-order valence-corrected chi connectivity index (χ3v) is 3.11. The van der Waals surface area contributed by atoms with Crippen molar-refractivity contribution in [3.05, 3.63) is 41.1 Å².